The topological polar surface area (TPSA) is 52.7 Å². The maximum Gasteiger partial charge on any atom is 0.441 e. The summed E-state index contributed by atoms with van der Waals surface area (Å²) in [6.45, 7) is 1.01. The van der Waals surface area contributed by atoms with Crippen LogP contribution in [0.3, 0.4) is 0 Å². The molecule has 0 saturated heterocycles. The third-order valence-corrected chi connectivity index (χ3v) is 2.35. The number of hydrogen-bond acceptors (Lipinski definition) is 2. The molecule has 1 atom stereocenters. The standard InChI is InChI=1S/C9H11N3O2/c13-11(14)12(7-6-10-8-12)9-4-2-1-3-5-9/h1-5,8H,6-7H2,(H,13,14)/q+2. The Morgan fingerprint density at radius 3 is 2.57 bits per heavy atom. The van der Waals surface area contributed by atoms with E-state index in [2.05, 4.69) is 4.99 Å². The molecule has 0 saturated carbocycles. The molecule has 1 aromatic carbocycles. The number of hydrogen-bond donors (Lipinski definition) is 1. The highest BCUT2D eigenvalue weighted by Gasteiger charge is 2.49. The zero-order valence-electron chi connectivity index (χ0n) is 7.58. The molecular weight excluding hydrogens is 182 g/mol. The summed E-state index contributed by atoms with van der Waals surface area (Å²) in [5.74, 6) is 0. The Balaban J connectivity index is 2.47. The smallest absolute Gasteiger partial charge is 0.230 e. The molecule has 1 heterocycles. The van der Waals surface area contributed by atoms with Gasteiger partial charge in [0, 0.05) is 12.1 Å². The van der Waals surface area contributed by atoms with Gasteiger partial charge in [-0.1, -0.05) is 18.2 Å². The zero-order valence-corrected chi connectivity index (χ0v) is 7.58. The van der Waals surface area contributed by atoms with E-state index in [0.29, 0.717) is 18.8 Å². The van der Waals surface area contributed by atoms with Gasteiger partial charge >= 0.3 is 5.03 Å². The minimum absolute atomic E-state index is 0.0637. The van der Waals surface area contributed by atoms with E-state index in [1.165, 1.54) is 6.34 Å². The first-order valence-electron chi connectivity index (χ1n) is 4.37. The highest BCUT2D eigenvalue weighted by molar-refractivity contribution is 5.72. The van der Waals surface area contributed by atoms with Crippen LogP contribution in [0.4, 0.5) is 5.69 Å². The largest absolute Gasteiger partial charge is 0.441 e. The highest BCUT2D eigenvalue weighted by atomic mass is 16.7. The lowest BCUT2D eigenvalue weighted by molar-refractivity contribution is -0.875. The summed E-state index contributed by atoms with van der Waals surface area (Å²) >= 11 is 0. The molecule has 1 unspecified atom stereocenters. The average molecular weight is 193 g/mol. The van der Waals surface area contributed by atoms with Gasteiger partial charge in [0.1, 0.15) is 11.5 Å². The number of nitrogens with zero attached hydrogens (tertiary/aromatic N) is 3. The van der Waals surface area contributed by atoms with Crippen LogP contribution < -0.4 is 4.59 Å². The molecule has 0 fully saturated rings. The van der Waals surface area contributed by atoms with Crippen molar-refractivity contribution in [3.8, 4) is 0 Å². The van der Waals surface area contributed by atoms with Crippen molar-refractivity contribution < 1.29 is 10.2 Å². The number of quaternary nitrogens is 1. The van der Waals surface area contributed by atoms with E-state index in [4.69, 9.17) is 5.21 Å². The molecule has 0 spiro atoms. The Morgan fingerprint density at radius 2 is 2.07 bits per heavy atom. The second-order valence-electron chi connectivity index (χ2n) is 3.16. The zero-order chi connectivity index (χ0) is 10.0. The Kier molecular flexibility index (Phi) is 2.01. The van der Waals surface area contributed by atoms with Crippen LogP contribution in [0.25, 0.3) is 0 Å². The molecular formula is C9H11N3O2+2. The summed E-state index contributed by atoms with van der Waals surface area (Å²) in [6.07, 6.45) is 1.46. The molecule has 0 aromatic heterocycles. The van der Waals surface area contributed by atoms with Gasteiger partial charge in [-0.05, 0) is 0 Å². The molecule has 2 rings (SSSR count). The number of para-hydroxylation sites is 1. The van der Waals surface area contributed by atoms with Gasteiger partial charge in [-0.2, -0.15) is 5.21 Å². The lowest BCUT2D eigenvalue weighted by Crippen LogP contribution is -2.52. The van der Waals surface area contributed by atoms with E-state index >= 15 is 0 Å². The van der Waals surface area contributed by atoms with E-state index in [-0.39, 0.29) is 9.62 Å². The minimum atomic E-state index is -0.263. The Morgan fingerprint density at radius 1 is 1.36 bits per heavy atom. The average Bonchev–Trinajstić information content (AvgIpc) is 2.69. The Labute approximate surface area is 81.0 Å². The van der Waals surface area contributed by atoms with Crippen LogP contribution in [0.5, 0.6) is 0 Å². The molecule has 0 amide bonds. The van der Waals surface area contributed by atoms with Crippen LogP contribution in [0.2, 0.25) is 0 Å². The monoisotopic (exact) mass is 193 g/mol. The molecule has 1 aromatic rings. The van der Waals surface area contributed by atoms with Crippen molar-refractivity contribution in [1.82, 2.24) is 4.59 Å². The van der Waals surface area contributed by atoms with Crippen LogP contribution in [-0.4, -0.2) is 29.7 Å². The van der Waals surface area contributed by atoms with Crippen molar-refractivity contribution in [2.45, 2.75) is 0 Å². The predicted octanol–water partition coefficient (Wildman–Crippen LogP) is 1.12. The van der Waals surface area contributed by atoms with Gasteiger partial charge in [-0.3, -0.25) is 0 Å². The van der Waals surface area contributed by atoms with E-state index in [0.717, 1.165) is 0 Å². The van der Waals surface area contributed by atoms with E-state index in [1.54, 1.807) is 12.1 Å². The maximum absolute atomic E-state index is 11.1. The maximum atomic E-state index is 11.1. The van der Waals surface area contributed by atoms with Crippen LogP contribution >= 0.6 is 0 Å². The summed E-state index contributed by atoms with van der Waals surface area (Å²) in [6, 6.07) is 9.09. The number of aliphatic imine (C=N–C) groups is 1. The van der Waals surface area contributed by atoms with Gasteiger partial charge in [0.15, 0.2) is 6.54 Å². The minimum Gasteiger partial charge on any atom is -0.230 e. The number of benzene rings is 1. The molecule has 1 aliphatic heterocycles. The SMILES string of the molecule is O=[N+](O)[N+]1(c2ccccc2)C=NCC1. The van der Waals surface area contributed by atoms with Gasteiger partial charge in [0.05, 0.1) is 4.59 Å². The van der Waals surface area contributed by atoms with Crippen molar-refractivity contribution >= 4 is 12.0 Å². The Hall–Kier alpha value is -1.75. The molecule has 72 valence electrons. The molecule has 0 bridgehead atoms. The van der Waals surface area contributed by atoms with Gasteiger partial charge in [-0.25, -0.2) is 4.99 Å². The molecule has 0 aliphatic carbocycles. The van der Waals surface area contributed by atoms with Gasteiger partial charge in [0.25, 0.3) is 6.34 Å². The third-order valence-electron chi connectivity index (χ3n) is 2.35. The molecule has 5 nitrogen and oxygen atoms in total. The normalized spacial score (nSPS) is 25.1. The van der Waals surface area contributed by atoms with Gasteiger partial charge in [0.2, 0.25) is 5.69 Å². The van der Waals surface area contributed by atoms with Crippen molar-refractivity contribution in [2.24, 2.45) is 4.99 Å². The van der Waals surface area contributed by atoms with E-state index < -0.39 is 0 Å². The lowest BCUT2D eigenvalue weighted by atomic mass is 10.3. The summed E-state index contributed by atoms with van der Waals surface area (Å²) in [7, 11) is 0. The van der Waals surface area contributed by atoms with E-state index in [9.17, 15) is 4.91 Å². The third kappa shape index (κ3) is 1.18. The van der Waals surface area contributed by atoms with Crippen LogP contribution in [0.1, 0.15) is 0 Å². The van der Waals surface area contributed by atoms with Gasteiger partial charge in [-0.15, -0.1) is 0 Å². The summed E-state index contributed by atoms with van der Waals surface area (Å²) in [5, 5.41) is 9.05. The fourth-order valence-corrected chi connectivity index (χ4v) is 1.57. The molecule has 5 heteroatoms. The van der Waals surface area contributed by atoms with Crippen molar-refractivity contribution in [2.75, 3.05) is 13.1 Å². The highest BCUT2D eigenvalue weighted by Crippen LogP contribution is 2.22. The first-order valence-corrected chi connectivity index (χ1v) is 4.37. The fourth-order valence-electron chi connectivity index (χ4n) is 1.57. The fraction of sp³-hybridized carbons (Fsp3) is 0.222. The molecule has 1 N–H and O–H groups in total. The number of rotatable bonds is 2. The summed E-state index contributed by atoms with van der Waals surface area (Å²) < 4.78 is -0.263. The van der Waals surface area contributed by atoms with Crippen LogP contribution in [0, 0.1) is 4.91 Å². The van der Waals surface area contributed by atoms with Crippen molar-refractivity contribution in [3.05, 3.63) is 35.2 Å². The quantitative estimate of drug-likeness (QED) is 0.565. The van der Waals surface area contributed by atoms with Crippen LogP contribution in [-0.2, 0) is 0 Å². The first kappa shape index (κ1) is 8.83. The summed E-state index contributed by atoms with van der Waals surface area (Å²) in [4.78, 5) is 15.1. The van der Waals surface area contributed by atoms with Crippen molar-refractivity contribution in [1.29, 1.82) is 0 Å². The van der Waals surface area contributed by atoms with Crippen LogP contribution in [0.15, 0.2) is 35.3 Å². The lowest BCUT2D eigenvalue weighted by Gasteiger charge is -2.11. The van der Waals surface area contributed by atoms with Crippen molar-refractivity contribution in [3.63, 3.8) is 0 Å². The second-order valence-corrected chi connectivity index (χ2v) is 3.16. The molecule has 0 radical (unpaired) electrons. The van der Waals surface area contributed by atoms with Gasteiger partial charge < -0.3 is 0 Å². The second kappa shape index (κ2) is 3.19. The summed E-state index contributed by atoms with van der Waals surface area (Å²) in [5.41, 5.74) is 0.714. The van der Waals surface area contributed by atoms with E-state index in [1.807, 2.05) is 18.2 Å². The molecule has 1 aliphatic rings. The Bertz CT molecular complexity index is 377. The first-order chi connectivity index (χ1) is 6.76. The predicted molar refractivity (Wildman–Crippen MR) is 51.9 cm³/mol. The molecule has 14 heavy (non-hydrogen) atoms.